The van der Waals surface area contributed by atoms with E-state index in [4.69, 9.17) is 23.7 Å². The summed E-state index contributed by atoms with van der Waals surface area (Å²) in [4.78, 5) is 46.9. The van der Waals surface area contributed by atoms with Gasteiger partial charge in [-0.15, -0.1) is 0 Å². The van der Waals surface area contributed by atoms with E-state index in [-0.39, 0.29) is 29.8 Å². The van der Waals surface area contributed by atoms with Gasteiger partial charge in [0.1, 0.15) is 17.5 Å². The molecular weight excluding hydrogens is 598 g/mol. The van der Waals surface area contributed by atoms with E-state index in [1.54, 1.807) is 75.3 Å². The van der Waals surface area contributed by atoms with E-state index in [1.807, 2.05) is 0 Å². The van der Waals surface area contributed by atoms with Gasteiger partial charge in [0, 0.05) is 18.7 Å². The van der Waals surface area contributed by atoms with Crippen LogP contribution in [0.1, 0.15) is 50.8 Å². The molecule has 1 fully saturated rings. The van der Waals surface area contributed by atoms with E-state index >= 15 is 0 Å². The van der Waals surface area contributed by atoms with Gasteiger partial charge in [-0.25, -0.2) is 9.79 Å². The summed E-state index contributed by atoms with van der Waals surface area (Å²) >= 11 is 1.20. The normalized spacial score (nSPS) is 16.4. The number of esters is 1. The van der Waals surface area contributed by atoms with Crippen LogP contribution >= 0.6 is 11.3 Å². The van der Waals surface area contributed by atoms with Gasteiger partial charge < -0.3 is 28.6 Å². The summed E-state index contributed by atoms with van der Waals surface area (Å²) in [5.41, 5.74) is 1.57. The number of likely N-dealkylation sites (tertiary alicyclic amines) is 1. The fourth-order valence-electron chi connectivity index (χ4n) is 5.45. The number of thiazole rings is 1. The number of amides is 1. The first-order valence-corrected chi connectivity index (χ1v) is 15.5. The van der Waals surface area contributed by atoms with Crippen molar-refractivity contribution in [2.45, 2.75) is 45.8 Å². The number of fused-ring (bicyclic) bond motifs is 1. The zero-order valence-corrected chi connectivity index (χ0v) is 27.1. The summed E-state index contributed by atoms with van der Waals surface area (Å²) in [6.07, 6.45) is 3.37. The largest absolute Gasteiger partial charge is 0.497 e. The summed E-state index contributed by atoms with van der Waals surface area (Å²) in [5, 5.41) is 0. The van der Waals surface area contributed by atoms with Gasteiger partial charge in [-0.3, -0.25) is 14.2 Å². The third-order valence-corrected chi connectivity index (χ3v) is 8.59. The van der Waals surface area contributed by atoms with Gasteiger partial charge in [-0.05, 0) is 75.6 Å². The highest BCUT2D eigenvalue weighted by molar-refractivity contribution is 7.07. The van der Waals surface area contributed by atoms with Crippen molar-refractivity contribution in [1.29, 1.82) is 0 Å². The fourth-order valence-corrected chi connectivity index (χ4v) is 6.50. The first-order chi connectivity index (χ1) is 21.6. The minimum Gasteiger partial charge on any atom is -0.497 e. The molecule has 45 heavy (non-hydrogen) atoms. The molecule has 2 aliphatic heterocycles. The molecule has 3 aromatic rings. The molecule has 238 valence electrons. The summed E-state index contributed by atoms with van der Waals surface area (Å²) in [7, 11) is 4.59. The molecule has 0 aliphatic carbocycles. The third kappa shape index (κ3) is 6.60. The summed E-state index contributed by atoms with van der Waals surface area (Å²) in [6, 6.07) is 9.60. The molecule has 0 bridgehead atoms. The first-order valence-electron chi connectivity index (χ1n) is 14.7. The van der Waals surface area contributed by atoms with E-state index in [1.165, 1.54) is 30.1 Å². The molecule has 0 spiro atoms. The minimum atomic E-state index is -0.877. The number of benzene rings is 2. The number of nitrogens with zero attached hydrogens (tertiary/aromatic N) is 3. The number of carbonyl (C=O) groups is 2. The number of carbonyl (C=O) groups excluding carboxylic acids is 2. The molecule has 1 aromatic heterocycles. The number of rotatable bonds is 10. The number of ether oxygens (including phenoxy) is 5. The standard InChI is InChI=1S/C33H37N3O8S/c1-19(2)44-32(39)29-20(3)34-33-36(30(29)23-17-22(40-4)10-12-24(23)41-5)31(38)27(45-33)16-21-9-11-25(26(15-21)42-6)43-18-28(37)35-13-7-8-14-35/h9-12,15-17,19,30H,7-8,13-14,18H2,1-6H3/b27-16-/t30-/m0/s1. The van der Waals surface area contributed by atoms with Crippen molar-refractivity contribution in [3.05, 3.63) is 78.5 Å². The molecule has 1 atom stereocenters. The Bertz CT molecular complexity index is 1820. The van der Waals surface area contributed by atoms with Crippen LogP contribution in [0.25, 0.3) is 6.08 Å². The van der Waals surface area contributed by atoms with Crippen LogP contribution < -0.4 is 33.8 Å². The van der Waals surface area contributed by atoms with Gasteiger partial charge in [0.15, 0.2) is 22.9 Å². The second-order valence-corrected chi connectivity index (χ2v) is 11.9. The van der Waals surface area contributed by atoms with Crippen LogP contribution in [-0.4, -0.2) is 68.5 Å². The highest BCUT2D eigenvalue weighted by Gasteiger charge is 2.36. The van der Waals surface area contributed by atoms with Gasteiger partial charge in [0.2, 0.25) is 0 Å². The molecule has 0 saturated carbocycles. The Morgan fingerprint density at radius 2 is 1.71 bits per heavy atom. The van der Waals surface area contributed by atoms with E-state index < -0.39 is 12.0 Å². The maximum atomic E-state index is 14.1. The lowest BCUT2D eigenvalue weighted by atomic mass is 9.94. The van der Waals surface area contributed by atoms with Crippen molar-refractivity contribution in [2.75, 3.05) is 41.0 Å². The number of methoxy groups -OCH3 is 3. The Balaban J connectivity index is 1.57. The van der Waals surface area contributed by atoms with E-state index in [9.17, 15) is 14.4 Å². The van der Waals surface area contributed by atoms with Crippen molar-refractivity contribution in [3.63, 3.8) is 0 Å². The molecule has 0 N–H and O–H groups in total. The summed E-state index contributed by atoms with van der Waals surface area (Å²) < 4.78 is 30.0. The van der Waals surface area contributed by atoms with Crippen LogP contribution in [0.5, 0.6) is 23.0 Å². The number of allylic oxidation sites excluding steroid dienone is 1. The highest BCUT2D eigenvalue weighted by atomic mass is 32.1. The molecule has 12 heteroatoms. The summed E-state index contributed by atoms with van der Waals surface area (Å²) in [6.45, 7) is 6.68. The minimum absolute atomic E-state index is 0.0612. The maximum Gasteiger partial charge on any atom is 0.338 e. The zero-order valence-electron chi connectivity index (χ0n) is 26.2. The molecule has 1 amide bonds. The average Bonchev–Trinajstić information content (AvgIpc) is 3.67. The van der Waals surface area contributed by atoms with Crippen molar-refractivity contribution in [1.82, 2.24) is 9.47 Å². The highest BCUT2D eigenvalue weighted by Crippen LogP contribution is 2.38. The predicted molar refractivity (Wildman–Crippen MR) is 169 cm³/mol. The SMILES string of the molecule is COc1ccc(OC)c([C@H]2C(C(=O)OC(C)C)=C(C)N=c3s/c(=C\c4ccc(OCC(=O)N5CCCC5)c(OC)c4)c(=O)n32)c1. The molecule has 11 nitrogen and oxygen atoms in total. The van der Waals surface area contributed by atoms with E-state index in [0.29, 0.717) is 49.2 Å². The van der Waals surface area contributed by atoms with Gasteiger partial charge in [0.05, 0.1) is 43.2 Å². The van der Waals surface area contributed by atoms with Crippen molar-refractivity contribution < 1.29 is 33.3 Å². The number of hydrogen-bond acceptors (Lipinski definition) is 10. The molecule has 0 unspecified atom stereocenters. The van der Waals surface area contributed by atoms with Crippen molar-refractivity contribution >= 4 is 29.3 Å². The second-order valence-electron chi connectivity index (χ2n) is 10.9. The quantitative estimate of drug-likeness (QED) is 0.312. The maximum absolute atomic E-state index is 14.1. The van der Waals surface area contributed by atoms with Crippen LogP contribution in [0.15, 0.2) is 57.5 Å². The molecular formula is C33H37N3O8S. The lowest BCUT2D eigenvalue weighted by Gasteiger charge is -2.26. The fraction of sp³-hybridized carbons (Fsp3) is 0.394. The third-order valence-electron chi connectivity index (χ3n) is 7.61. The van der Waals surface area contributed by atoms with E-state index in [2.05, 4.69) is 4.99 Å². The lowest BCUT2D eigenvalue weighted by Crippen LogP contribution is -2.40. The smallest absolute Gasteiger partial charge is 0.338 e. The first kappa shape index (κ1) is 31.8. The van der Waals surface area contributed by atoms with Crippen LogP contribution in [0.2, 0.25) is 0 Å². The Morgan fingerprint density at radius 1 is 1.00 bits per heavy atom. The van der Waals surface area contributed by atoms with Crippen LogP contribution in [0.4, 0.5) is 0 Å². The Hall–Kier alpha value is -4.58. The van der Waals surface area contributed by atoms with E-state index in [0.717, 1.165) is 25.9 Å². The van der Waals surface area contributed by atoms with Crippen LogP contribution in [0, 0.1) is 0 Å². The molecule has 5 rings (SSSR count). The lowest BCUT2D eigenvalue weighted by molar-refractivity contribution is -0.143. The van der Waals surface area contributed by atoms with Crippen molar-refractivity contribution in [2.24, 2.45) is 4.99 Å². The Kier molecular flexibility index (Phi) is 9.62. The summed E-state index contributed by atoms with van der Waals surface area (Å²) in [5.74, 6) is 1.24. The Morgan fingerprint density at radius 3 is 2.38 bits per heavy atom. The van der Waals surface area contributed by atoms with Crippen LogP contribution in [0.3, 0.4) is 0 Å². The van der Waals surface area contributed by atoms with Gasteiger partial charge >= 0.3 is 5.97 Å². The monoisotopic (exact) mass is 635 g/mol. The van der Waals surface area contributed by atoms with Gasteiger partial charge in [-0.2, -0.15) is 0 Å². The van der Waals surface area contributed by atoms with Gasteiger partial charge in [0.25, 0.3) is 11.5 Å². The average molecular weight is 636 g/mol. The molecule has 1 saturated heterocycles. The molecule has 3 heterocycles. The molecule has 2 aromatic carbocycles. The van der Waals surface area contributed by atoms with Crippen molar-refractivity contribution in [3.8, 4) is 23.0 Å². The van der Waals surface area contributed by atoms with Crippen LogP contribution in [-0.2, 0) is 14.3 Å². The second kappa shape index (κ2) is 13.6. The molecule has 0 radical (unpaired) electrons. The number of hydrogen-bond donors (Lipinski definition) is 0. The predicted octanol–water partition coefficient (Wildman–Crippen LogP) is 3.21. The topological polar surface area (TPSA) is 118 Å². The molecule has 2 aliphatic rings. The Labute approximate surface area is 265 Å². The van der Waals surface area contributed by atoms with Gasteiger partial charge in [-0.1, -0.05) is 17.4 Å². The zero-order chi connectivity index (χ0) is 32.2. The number of aromatic nitrogens is 1.